The summed E-state index contributed by atoms with van der Waals surface area (Å²) in [5.74, 6) is -1.41. The number of hydrogen-bond acceptors (Lipinski definition) is 5. The average molecular weight is 318 g/mol. The minimum Gasteiger partial charge on any atom is -0.462 e. The second-order valence-electron chi connectivity index (χ2n) is 3.16. The van der Waals surface area contributed by atoms with Crippen molar-refractivity contribution in [3.8, 4) is 0 Å². The maximum atomic E-state index is 11.8. The fourth-order valence-corrected chi connectivity index (χ4v) is 1.71. The lowest BCUT2D eigenvalue weighted by Gasteiger charge is -2.06. The second-order valence-corrected chi connectivity index (χ2v) is 3.95. The van der Waals surface area contributed by atoms with Crippen molar-refractivity contribution in [2.45, 2.75) is 13.8 Å². The van der Waals surface area contributed by atoms with Gasteiger partial charge in [0, 0.05) is 6.20 Å². The van der Waals surface area contributed by atoms with Gasteiger partial charge in [-0.15, -0.1) is 0 Å². The first kappa shape index (κ1) is 14.4. The van der Waals surface area contributed by atoms with Crippen LogP contribution in [0.1, 0.15) is 34.7 Å². The Hall–Kier alpha value is -1.63. The third-order valence-corrected chi connectivity index (χ3v) is 2.76. The van der Waals surface area contributed by atoms with Crippen molar-refractivity contribution in [1.82, 2.24) is 4.98 Å². The number of pyridine rings is 1. The smallest absolute Gasteiger partial charge is 0.356 e. The third-order valence-electron chi connectivity index (χ3n) is 2.00. The number of rotatable bonds is 4. The molecule has 7 heteroatoms. The number of aromatic nitrogens is 1. The molecule has 1 rings (SSSR count). The van der Waals surface area contributed by atoms with Crippen molar-refractivity contribution in [3.63, 3.8) is 0 Å². The van der Waals surface area contributed by atoms with Gasteiger partial charge in [-0.1, -0.05) is 0 Å². The number of ether oxygens (including phenoxy) is 2. The number of carbonyl (C=O) groups is 2. The lowest BCUT2D eigenvalue weighted by Crippen LogP contribution is -2.22. The Bertz CT molecular complexity index is 523. The van der Waals surface area contributed by atoms with E-state index < -0.39 is 17.4 Å². The van der Waals surface area contributed by atoms with E-state index in [1.54, 1.807) is 13.8 Å². The maximum absolute atomic E-state index is 11.8. The van der Waals surface area contributed by atoms with Crippen LogP contribution in [0.15, 0.2) is 15.5 Å². The van der Waals surface area contributed by atoms with Crippen LogP contribution in [0.5, 0.6) is 0 Å². The number of nitrogens with one attached hydrogen (secondary N) is 1. The van der Waals surface area contributed by atoms with Crippen LogP contribution >= 0.6 is 15.9 Å². The van der Waals surface area contributed by atoms with Gasteiger partial charge in [-0.3, -0.25) is 4.79 Å². The van der Waals surface area contributed by atoms with Crippen LogP contribution in [0.25, 0.3) is 0 Å². The summed E-state index contributed by atoms with van der Waals surface area (Å²) in [5.41, 5.74) is -0.818. The molecule has 0 aliphatic rings. The van der Waals surface area contributed by atoms with Gasteiger partial charge in [-0.05, 0) is 29.8 Å². The predicted octanol–water partition coefficient (Wildman–Crippen LogP) is 1.49. The van der Waals surface area contributed by atoms with Gasteiger partial charge < -0.3 is 14.5 Å². The van der Waals surface area contributed by atoms with Gasteiger partial charge in [-0.2, -0.15) is 0 Å². The fraction of sp³-hybridized carbons (Fsp3) is 0.364. The van der Waals surface area contributed by atoms with Crippen molar-refractivity contribution in [1.29, 1.82) is 0 Å². The molecule has 0 spiro atoms. The molecule has 6 nitrogen and oxygen atoms in total. The number of esters is 2. The first-order chi connectivity index (χ1) is 8.52. The molecular formula is C11H12BrNO5. The number of aromatic amines is 1. The lowest BCUT2D eigenvalue weighted by molar-refractivity contribution is 0.0503. The quantitative estimate of drug-likeness (QED) is 0.850. The largest absolute Gasteiger partial charge is 0.462 e. The molecule has 0 aliphatic carbocycles. The standard InChI is InChI=1S/C11H12BrNO5/c1-3-17-10(15)6-5-13-8(7(12)9(6)14)11(16)18-4-2/h5H,3-4H2,1-2H3,(H,13,14). The van der Waals surface area contributed by atoms with Crippen molar-refractivity contribution in [3.05, 3.63) is 32.2 Å². The van der Waals surface area contributed by atoms with Crippen molar-refractivity contribution < 1.29 is 19.1 Å². The molecule has 18 heavy (non-hydrogen) atoms. The van der Waals surface area contributed by atoms with E-state index in [1.807, 2.05) is 0 Å². The molecule has 0 bridgehead atoms. The number of H-pyrrole nitrogens is 1. The highest BCUT2D eigenvalue weighted by Gasteiger charge is 2.20. The molecule has 0 aliphatic heterocycles. The predicted molar refractivity (Wildman–Crippen MR) is 66.7 cm³/mol. The minimum absolute atomic E-state index is 0.0325. The van der Waals surface area contributed by atoms with Gasteiger partial charge in [0.2, 0.25) is 5.43 Å². The Morgan fingerprint density at radius 2 is 1.78 bits per heavy atom. The van der Waals surface area contributed by atoms with E-state index in [1.165, 1.54) is 0 Å². The summed E-state index contributed by atoms with van der Waals surface area (Å²) in [4.78, 5) is 37.3. The summed E-state index contributed by atoms with van der Waals surface area (Å²) in [6.07, 6.45) is 1.14. The molecule has 0 radical (unpaired) electrons. The van der Waals surface area contributed by atoms with E-state index in [4.69, 9.17) is 9.47 Å². The van der Waals surface area contributed by atoms with Crippen LogP contribution in [-0.4, -0.2) is 30.1 Å². The van der Waals surface area contributed by atoms with Crippen molar-refractivity contribution in [2.24, 2.45) is 0 Å². The monoisotopic (exact) mass is 317 g/mol. The summed E-state index contributed by atoms with van der Waals surface area (Å²) in [6.45, 7) is 3.63. The van der Waals surface area contributed by atoms with E-state index in [0.717, 1.165) is 6.20 Å². The topological polar surface area (TPSA) is 85.5 Å². The second kappa shape index (κ2) is 6.34. The molecule has 0 atom stereocenters. The number of carbonyl (C=O) groups excluding carboxylic acids is 2. The Kier molecular flexibility index (Phi) is 5.08. The zero-order valence-electron chi connectivity index (χ0n) is 9.91. The molecule has 1 N–H and O–H groups in total. The van der Waals surface area contributed by atoms with Gasteiger partial charge >= 0.3 is 11.9 Å². The fourth-order valence-electron chi connectivity index (χ4n) is 1.22. The van der Waals surface area contributed by atoms with Gasteiger partial charge in [0.15, 0.2) is 0 Å². The highest BCUT2D eigenvalue weighted by atomic mass is 79.9. The molecule has 0 fully saturated rings. The van der Waals surface area contributed by atoms with Crippen LogP contribution in [-0.2, 0) is 9.47 Å². The summed E-state index contributed by atoms with van der Waals surface area (Å²) in [7, 11) is 0. The van der Waals surface area contributed by atoms with E-state index in [2.05, 4.69) is 20.9 Å². The average Bonchev–Trinajstić information content (AvgIpc) is 2.33. The Morgan fingerprint density at radius 1 is 1.22 bits per heavy atom. The Labute approximate surface area is 111 Å². The Balaban J connectivity index is 3.17. The summed E-state index contributed by atoms with van der Waals surface area (Å²) < 4.78 is 9.42. The van der Waals surface area contributed by atoms with Crippen molar-refractivity contribution in [2.75, 3.05) is 13.2 Å². The molecule has 1 aromatic rings. The molecule has 0 saturated carbocycles. The first-order valence-electron chi connectivity index (χ1n) is 5.28. The molecule has 1 heterocycles. The number of hydrogen-bond donors (Lipinski definition) is 1. The van der Waals surface area contributed by atoms with E-state index in [9.17, 15) is 14.4 Å². The van der Waals surface area contributed by atoms with Gasteiger partial charge in [0.25, 0.3) is 0 Å². The highest BCUT2D eigenvalue weighted by Crippen LogP contribution is 2.12. The summed E-state index contributed by atoms with van der Waals surface area (Å²) in [6, 6.07) is 0. The molecule has 0 saturated heterocycles. The molecule has 0 amide bonds. The van der Waals surface area contributed by atoms with Gasteiger partial charge in [-0.25, -0.2) is 9.59 Å². The van der Waals surface area contributed by atoms with Crippen LogP contribution < -0.4 is 5.43 Å². The van der Waals surface area contributed by atoms with Gasteiger partial charge in [0.05, 0.1) is 17.7 Å². The molecule has 98 valence electrons. The summed E-state index contributed by atoms with van der Waals surface area (Å²) in [5, 5.41) is 0. The summed E-state index contributed by atoms with van der Waals surface area (Å²) >= 11 is 2.97. The highest BCUT2D eigenvalue weighted by molar-refractivity contribution is 9.10. The molecular weight excluding hydrogens is 306 g/mol. The van der Waals surface area contributed by atoms with E-state index >= 15 is 0 Å². The van der Waals surface area contributed by atoms with Gasteiger partial charge in [0.1, 0.15) is 11.3 Å². The zero-order chi connectivity index (χ0) is 13.7. The van der Waals surface area contributed by atoms with Crippen molar-refractivity contribution >= 4 is 27.9 Å². The normalized spacial score (nSPS) is 9.94. The first-order valence-corrected chi connectivity index (χ1v) is 6.07. The van der Waals surface area contributed by atoms with E-state index in [-0.39, 0.29) is 28.9 Å². The Morgan fingerprint density at radius 3 is 2.33 bits per heavy atom. The number of halogens is 1. The van der Waals surface area contributed by atoms with Crippen LogP contribution in [0.4, 0.5) is 0 Å². The molecule has 0 aromatic carbocycles. The third kappa shape index (κ3) is 2.98. The lowest BCUT2D eigenvalue weighted by atomic mass is 10.2. The van der Waals surface area contributed by atoms with Crippen LogP contribution in [0, 0.1) is 0 Å². The van der Waals surface area contributed by atoms with E-state index in [0.29, 0.717) is 0 Å². The molecule has 1 aromatic heterocycles. The molecule has 0 unspecified atom stereocenters. The van der Waals surface area contributed by atoms with Crippen LogP contribution in [0.2, 0.25) is 0 Å². The minimum atomic E-state index is -0.741. The zero-order valence-corrected chi connectivity index (χ0v) is 11.5. The maximum Gasteiger partial charge on any atom is 0.356 e. The van der Waals surface area contributed by atoms with Crippen LogP contribution in [0.3, 0.4) is 0 Å². The SMILES string of the molecule is CCOC(=O)c1[nH]cc(C(=O)OCC)c(=O)c1Br.